The lowest BCUT2D eigenvalue weighted by atomic mass is 9.94. The van der Waals surface area contributed by atoms with E-state index < -0.39 is 5.97 Å². The predicted octanol–water partition coefficient (Wildman–Crippen LogP) is 3.64. The molecule has 0 bridgehead atoms. The molecule has 2 aliphatic carbocycles. The monoisotopic (exact) mass is 363 g/mol. The van der Waals surface area contributed by atoms with E-state index in [1.807, 2.05) is 4.90 Å². The highest BCUT2D eigenvalue weighted by molar-refractivity contribution is 5.86. The predicted molar refractivity (Wildman–Crippen MR) is 95.7 cm³/mol. The molecule has 2 aliphatic rings. The maximum absolute atomic E-state index is 13.0. The van der Waals surface area contributed by atoms with Crippen molar-refractivity contribution in [2.75, 3.05) is 7.11 Å². The molecule has 0 aliphatic heterocycles. The number of nitrogens with one attached hydrogen (secondary N) is 1. The summed E-state index contributed by atoms with van der Waals surface area (Å²) in [7, 11) is 1.31. The van der Waals surface area contributed by atoms with Gasteiger partial charge in [0.25, 0.3) is 0 Å². The SMILES string of the molecule is COC(=O)c1coc(CN(C(=O)NC2CCCCC2)C2CCCCC2)n1. The van der Waals surface area contributed by atoms with Gasteiger partial charge in [-0.3, -0.25) is 0 Å². The number of methoxy groups -OCH3 is 1. The van der Waals surface area contributed by atoms with Crippen molar-refractivity contribution < 1.29 is 18.7 Å². The summed E-state index contributed by atoms with van der Waals surface area (Å²) in [6.45, 7) is 0.278. The van der Waals surface area contributed by atoms with E-state index in [0.29, 0.717) is 5.89 Å². The first-order valence-electron chi connectivity index (χ1n) is 9.77. The molecule has 0 atom stereocenters. The third-order valence-corrected chi connectivity index (χ3v) is 5.46. The zero-order chi connectivity index (χ0) is 18.4. The molecule has 2 fully saturated rings. The van der Waals surface area contributed by atoms with E-state index in [4.69, 9.17) is 4.42 Å². The first-order chi connectivity index (χ1) is 12.7. The number of carbonyl (C=O) groups is 2. The normalized spacial score (nSPS) is 19.1. The van der Waals surface area contributed by atoms with Gasteiger partial charge in [-0.05, 0) is 25.7 Å². The Balaban J connectivity index is 1.68. The van der Waals surface area contributed by atoms with Crippen LogP contribution in [0.25, 0.3) is 0 Å². The molecule has 26 heavy (non-hydrogen) atoms. The van der Waals surface area contributed by atoms with Crippen molar-refractivity contribution in [1.82, 2.24) is 15.2 Å². The van der Waals surface area contributed by atoms with Crippen LogP contribution in [0.5, 0.6) is 0 Å². The molecule has 0 saturated heterocycles. The van der Waals surface area contributed by atoms with Crippen molar-refractivity contribution >= 4 is 12.0 Å². The minimum Gasteiger partial charge on any atom is -0.464 e. The zero-order valence-corrected chi connectivity index (χ0v) is 15.5. The van der Waals surface area contributed by atoms with E-state index in [0.717, 1.165) is 38.5 Å². The fourth-order valence-corrected chi connectivity index (χ4v) is 3.99. The lowest BCUT2D eigenvalue weighted by Gasteiger charge is -2.35. The molecule has 0 unspecified atom stereocenters. The molecule has 1 heterocycles. The topological polar surface area (TPSA) is 84.7 Å². The highest BCUT2D eigenvalue weighted by Crippen LogP contribution is 2.25. The number of hydrogen-bond acceptors (Lipinski definition) is 5. The molecule has 2 amide bonds. The van der Waals surface area contributed by atoms with Crippen molar-refractivity contribution in [3.8, 4) is 0 Å². The number of ether oxygens (including phenoxy) is 1. The van der Waals surface area contributed by atoms with Gasteiger partial charge in [-0.25, -0.2) is 14.6 Å². The minimum atomic E-state index is -0.532. The zero-order valence-electron chi connectivity index (χ0n) is 15.5. The molecule has 1 aromatic rings. The van der Waals surface area contributed by atoms with Crippen LogP contribution in [0.4, 0.5) is 4.79 Å². The minimum absolute atomic E-state index is 0.0402. The second-order valence-electron chi connectivity index (χ2n) is 7.32. The van der Waals surface area contributed by atoms with Crippen LogP contribution in [0.2, 0.25) is 0 Å². The first kappa shape index (κ1) is 18.7. The van der Waals surface area contributed by atoms with Gasteiger partial charge in [0.2, 0.25) is 5.89 Å². The number of esters is 1. The molecule has 0 aromatic carbocycles. The molecule has 0 radical (unpaired) electrons. The molecule has 144 valence electrons. The average molecular weight is 363 g/mol. The molecule has 1 aromatic heterocycles. The van der Waals surface area contributed by atoms with Crippen LogP contribution in [0.1, 0.15) is 80.6 Å². The third kappa shape index (κ3) is 4.77. The van der Waals surface area contributed by atoms with E-state index >= 15 is 0 Å². The van der Waals surface area contributed by atoms with Crippen molar-refractivity contribution in [2.45, 2.75) is 82.8 Å². The van der Waals surface area contributed by atoms with Crippen LogP contribution in [-0.2, 0) is 11.3 Å². The van der Waals surface area contributed by atoms with Gasteiger partial charge >= 0.3 is 12.0 Å². The largest absolute Gasteiger partial charge is 0.464 e. The summed E-state index contributed by atoms with van der Waals surface area (Å²) in [4.78, 5) is 30.6. The summed E-state index contributed by atoms with van der Waals surface area (Å²) < 4.78 is 10.1. The number of oxazole rings is 1. The lowest BCUT2D eigenvalue weighted by molar-refractivity contribution is 0.0594. The van der Waals surface area contributed by atoms with Crippen LogP contribution in [0.3, 0.4) is 0 Å². The van der Waals surface area contributed by atoms with Gasteiger partial charge < -0.3 is 19.4 Å². The van der Waals surface area contributed by atoms with Gasteiger partial charge in [0.05, 0.1) is 13.7 Å². The summed E-state index contributed by atoms with van der Waals surface area (Å²) in [5, 5.41) is 3.20. The van der Waals surface area contributed by atoms with Crippen molar-refractivity contribution in [3.05, 3.63) is 17.8 Å². The van der Waals surface area contributed by atoms with Crippen LogP contribution in [-0.4, -0.2) is 41.1 Å². The van der Waals surface area contributed by atoms with Crippen LogP contribution in [0, 0.1) is 0 Å². The van der Waals surface area contributed by atoms with Gasteiger partial charge in [-0.1, -0.05) is 38.5 Å². The molecular weight excluding hydrogens is 334 g/mol. The Labute approximate surface area is 154 Å². The highest BCUT2D eigenvalue weighted by Gasteiger charge is 2.29. The van der Waals surface area contributed by atoms with Crippen molar-refractivity contribution in [3.63, 3.8) is 0 Å². The van der Waals surface area contributed by atoms with E-state index in [1.165, 1.54) is 39.1 Å². The van der Waals surface area contributed by atoms with Gasteiger partial charge in [-0.2, -0.15) is 0 Å². The van der Waals surface area contributed by atoms with E-state index in [9.17, 15) is 9.59 Å². The molecule has 7 heteroatoms. The Morgan fingerprint density at radius 1 is 1.15 bits per heavy atom. The Hall–Kier alpha value is -2.05. The lowest BCUT2D eigenvalue weighted by Crippen LogP contribution is -2.49. The van der Waals surface area contributed by atoms with Gasteiger partial charge in [0.1, 0.15) is 6.26 Å². The summed E-state index contributed by atoms with van der Waals surface area (Å²) in [6.07, 6.45) is 12.5. The maximum Gasteiger partial charge on any atom is 0.360 e. The molecule has 3 rings (SSSR count). The molecular formula is C19H29N3O4. The van der Waals surface area contributed by atoms with Crippen LogP contribution < -0.4 is 5.32 Å². The van der Waals surface area contributed by atoms with Gasteiger partial charge in [-0.15, -0.1) is 0 Å². The quantitative estimate of drug-likeness (QED) is 0.807. The number of urea groups is 1. The number of carbonyl (C=O) groups excluding carboxylic acids is 2. The number of nitrogens with zero attached hydrogens (tertiary/aromatic N) is 2. The fraction of sp³-hybridized carbons (Fsp3) is 0.737. The smallest absolute Gasteiger partial charge is 0.360 e. The van der Waals surface area contributed by atoms with E-state index in [-0.39, 0.29) is 30.4 Å². The summed E-state index contributed by atoms with van der Waals surface area (Å²) in [6, 6.07) is 0.417. The van der Waals surface area contributed by atoms with E-state index in [1.54, 1.807) is 0 Å². The average Bonchev–Trinajstić information content (AvgIpc) is 3.15. The van der Waals surface area contributed by atoms with Gasteiger partial charge in [0, 0.05) is 12.1 Å². The third-order valence-electron chi connectivity index (χ3n) is 5.46. The Bertz CT molecular complexity index is 604. The number of aromatic nitrogens is 1. The number of amides is 2. The highest BCUT2D eigenvalue weighted by atomic mass is 16.5. The van der Waals surface area contributed by atoms with Crippen LogP contribution >= 0.6 is 0 Å². The summed E-state index contributed by atoms with van der Waals surface area (Å²) in [5.74, 6) is -0.161. The van der Waals surface area contributed by atoms with Crippen LogP contribution in [0.15, 0.2) is 10.7 Å². The Morgan fingerprint density at radius 3 is 2.46 bits per heavy atom. The Morgan fingerprint density at radius 2 is 1.81 bits per heavy atom. The molecule has 2 saturated carbocycles. The summed E-state index contributed by atoms with van der Waals surface area (Å²) in [5.41, 5.74) is 0.138. The van der Waals surface area contributed by atoms with Crippen molar-refractivity contribution in [1.29, 1.82) is 0 Å². The maximum atomic E-state index is 13.0. The molecule has 1 N–H and O–H groups in total. The van der Waals surface area contributed by atoms with Crippen molar-refractivity contribution in [2.24, 2.45) is 0 Å². The molecule has 0 spiro atoms. The molecule has 7 nitrogen and oxygen atoms in total. The second-order valence-corrected chi connectivity index (χ2v) is 7.32. The fourth-order valence-electron chi connectivity index (χ4n) is 3.99. The summed E-state index contributed by atoms with van der Waals surface area (Å²) >= 11 is 0. The standard InChI is InChI=1S/C19H29N3O4/c1-25-18(23)16-13-26-17(21-16)12-22(15-10-6-3-7-11-15)19(24)20-14-8-4-2-5-9-14/h13-15H,2-12H2,1H3,(H,20,24). The number of hydrogen-bond donors (Lipinski definition) is 1. The Kier molecular flexibility index (Phi) is 6.52. The van der Waals surface area contributed by atoms with Gasteiger partial charge in [0.15, 0.2) is 5.69 Å². The first-order valence-corrected chi connectivity index (χ1v) is 9.77. The second kappa shape index (κ2) is 9.05. The van der Waals surface area contributed by atoms with E-state index in [2.05, 4.69) is 15.0 Å². The number of rotatable bonds is 5.